The Morgan fingerprint density at radius 3 is 1.17 bits per heavy atom. The summed E-state index contributed by atoms with van der Waals surface area (Å²) in [7, 11) is 0. The van der Waals surface area contributed by atoms with E-state index in [0.717, 1.165) is 17.1 Å². The van der Waals surface area contributed by atoms with E-state index in [4.69, 9.17) is 0 Å². The SMILES string of the molecule is C/C=C(\C)c1ccc(N(c2ccc(-c3ccccc3)cc2)c2ccc(-c3ccccc3)cc2)cc1. The van der Waals surface area contributed by atoms with Crippen LogP contribution in [0.2, 0.25) is 0 Å². The van der Waals surface area contributed by atoms with Gasteiger partial charge in [-0.3, -0.25) is 0 Å². The maximum atomic E-state index is 2.32. The van der Waals surface area contributed by atoms with Crippen molar-refractivity contribution < 1.29 is 0 Å². The predicted molar refractivity (Wildman–Crippen MR) is 151 cm³/mol. The number of benzene rings is 5. The second-order valence-electron chi connectivity index (χ2n) is 8.68. The highest BCUT2D eigenvalue weighted by Gasteiger charge is 2.13. The number of nitrogens with zero attached hydrogens (tertiary/aromatic N) is 1. The van der Waals surface area contributed by atoms with Crippen molar-refractivity contribution in [1.29, 1.82) is 0 Å². The fourth-order valence-corrected chi connectivity index (χ4v) is 4.35. The molecule has 0 aliphatic carbocycles. The third-order valence-electron chi connectivity index (χ3n) is 6.48. The summed E-state index contributed by atoms with van der Waals surface area (Å²) in [5.74, 6) is 0. The molecule has 0 atom stereocenters. The molecule has 0 radical (unpaired) electrons. The molecule has 5 rings (SSSR count). The Labute approximate surface area is 208 Å². The van der Waals surface area contributed by atoms with E-state index >= 15 is 0 Å². The Balaban J connectivity index is 1.54. The molecule has 0 unspecified atom stereocenters. The van der Waals surface area contributed by atoms with Crippen LogP contribution in [-0.4, -0.2) is 0 Å². The quantitative estimate of drug-likeness (QED) is 0.248. The van der Waals surface area contributed by atoms with Gasteiger partial charge in [-0.15, -0.1) is 0 Å². The van der Waals surface area contributed by atoms with E-state index in [1.54, 1.807) is 0 Å². The number of rotatable bonds is 6. The highest BCUT2D eigenvalue weighted by Crippen LogP contribution is 2.37. The van der Waals surface area contributed by atoms with Gasteiger partial charge in [0.15, 0.2) is 0 Å². The Hall–Kier alpha value is -4.36. The molecule has 5 aromatic carbocycles. The third kappa shape index (κ3) is 4.95. The van der Waals surface area contributed by atoms with Crippen molar-refractivity contribution in [3.63, 3.8) is 0 Å². The lowest BCUT2D eigenvalue weighted by molar-refractivity contribution is 1.28. The van der Waals surface area contributed by atoms with Crippen LogP contribution in [0.25, 0.3) is 27.8 Å². The van der Waals surface area contributed by atoms with Gasteiger partial charge in [0.2, 0.25) is 0 Å². The molecule has 1 heteroatoms. The topological polar surface area (TPSA) is 3.24 Å². The minimum absolute atomic E-state index is 1.13. The summed E-state index contributed by atoms with van der Waals surface area (Å²) in [6.45, 7) is 4.23. The molecule has 0 aromatic heterocycles. The van der Waals surface area contributed by atoms with Crippen molar-refractivity contribution >= 4 is 22.6 Å². The minimum atomic E-state index is 1.13. The summed E-state index contributed by atoms with van der Waals surface area (Å²) in [6, 6.07) is 47.5. The van der Waals surface area contributed by atoms with E-state index in [-0.39, 0.29) is 0 Å². The minimum Gasteiger partial charge on any atom is -0.311 e. The van der Waals surface area contributed by atoms with Gasteiger partial charge in [-0.25, -0.2) is 0 Å². The molecule has 0 aliphatic heterocycles. The molecule has 5 aromatic rings. The van der Waals surface area contributed by atoms with Crippen molar-refractivity contribution in [1.82, 2.24) is 0 Å². The van der Waals surface area contributed by atoms with Crippen molar-refractivity contribution in [2.24, 2.45) is 0 Å². The molecule has 0 saturated carbocycles. The van der Waals surface area contributed by atoms with Gasteiger partial charge in [-0.1, -0.05) is 103 Å². The Kier molecular flexibility index (Phi) is 6.59. The Morgan fingerprint density at radius 1 is 0.457 bits per heavy atom. The van der Waals surface area contributed by atoms with Gasteiger partial charge in [0, 0.05) is 17.1 Å². The lowest BCUT2D eigenvalue weighted by Crippen LogP contribution is -2.09. The number of hydrogen-bond acceptors (Lipinski definition) is 1. The second kappa shape index (κ2) is 10.3. The molecular formula is C34H29N. The zero-order valence-corrected chi connectivity index (χ0v) is 20.2. The van der Waals surface area contributed by atoms with E-state index in [2.05, 4.69) is 158 Å². The van der Waals surface area contributed by atoms with Crippen LogP contribution < -0.4 is 4.90 Å². The summed E-state index contributed by atoms with van der Waals surface area (Å²) in [4.78, 5) is 2.32. The van der Waals surface area contributed by atoms with E-state index < -0.39 is 0 Å². The van der Waals surface area contributed by atoms with Crippen LogP contribution in [0.1, 0.15) is 19.4 Å². The van der Waals surface area contributed by atoms with Crippen LogP contribution in [0.3, 0.4) is 0 Å². The molecular weight excluding hydrogens is 422 g/mol. The number of allylic oxidation sites excluding steroid dienone is 2. The van der Waals surface area contributed by atoms with Crippen LogP contribution in [0.15, 0.2) is 140 Å². The van der Waals surface area contributed by atoms with Crippen molar-refractivity contribution in [3.05, 3.63) is 145 Å². The van der Waals surface area contributed by atoms with Gasteiger partial charge in [0.05, 0.1) is 0 Å². The molecule has 0 bridgehead atoms. The normalized spacial score (nSPS) is 11.3. The summed E-state index contributed by atoms with van der Waals surface area (Å²) >= 11 is 0. The number of hydrogen-bond donors (Lipinski definition) is 0. The monoisotopic (exact) mass is 451 g/mol. The second-order valence-corrected chi connectivity index (χ2v) is 8.68. The molecule has 0 amide bonds. The largest absolute Gasteiger partial charge is 0.311 e. The first-order valence-corrected chi connectivity index (χ1v) is 12.1. The fourth-order valence-electron chi connectivity index (χ4n) is 4.35. The van der Waals surface area contributed by atoms with Crippen molar-refractivity contribution in [3.8, 4) is 22.3 Å². The Morgan fingerprint density at radius 2 is 0.800 bits per heavy atom. The zero-order chi connectivity index (χ0) is 24.0. The van der Waals surface area contributed by atoms with E-state index in [1.807, 2.05) is 0 Å². The van der Waals surface area contributed by atoms with Gasteiger partial charge >= 0.3 is 0 Å². The number of anilines is 3. The highest BCUT2D eigenvalue weighted by molar-refractivity contribution is 5.80. The average Bonchev–Trinajstić information content (AvgIpc) is 2.95. The summed E-state index contributed by atoms with van der Waals surface area (Å²) in [6.07, 6.45) is 2.15. The maximum Gasteiger partial charge on any atom is 0.0462 e. The van der Waals surface area contributed by atoms with Gasteiger partial charge in [0.25, 0.3) is 0 Å². The van der Waals surface area contributed by atoms with E-state index in [1.165, 1.54) is 33.4 Å². The van der Waals surface area contributed by atoms with Crippen molar-refractivity contribution in [2.75, 3.05) is 4.90 Å². The lowest BCUT2D eigenvalue weighted by Gasteiger charge is -2.26. The zero-order valence-electron chi connectivity index (χ0n) is 20.2. The van der Waals surface area contributed by atoms with Crippen molar-refractivity contribution in [2.45, 2.75) is 13.8 Å². The molecule has 0 heterocycles. The van der Waals surface area contributed by atoms with Gasteiger partial charge in [0.1, 0.15) is 0 Å². The van der Waals surface area contributed by atoms with E-state index in [9.17, 15) is 0 Å². The molecule has 170 valence electrons. The first kappa shape index (κ1) is 22.4. The Bertz CT molecular complexity index is 1310. The standard InChI is InChI=1S/C34H29N/c1-3-26(2)27-14-20-32(21-15-27)35(33-22-16-30(17-23-33)28-10-6-4-7-11-28)34-24-18-31(19-25-34)29-12-8-5-9-13-29/h3-25H,1-2H3/b26-3+. The molecule has 0 N–H and O–H groups in total. The molecule has 0 aliphatic rings. The average molecular weight is 452 g/mol. The van der Waals surface area contributed by atoms with Gasteiger partial charge in [-0.05, 0) is 83.6 Å². The molecule has 0 saturated heterocycles. The first-order valence-electron chi connectivity index (χ1n) is 12.1. The lowest BCUT2D eigenvalue weighted by atomic mass is 10.0. The third-order valence-corrected chi connectivity index (χ3v) is 6.48. The molecule has 35 heavy (non-hydrogen) atoms. The smallest absolute Gasteiger partial charge is 0.0462 e. The summed E-state index contributed by atoms with van der Waals surface area (Å²) in [5, 5.41) is 0. The van der Waals surface area contributed by atoms with Gasteiger partial charge < -0.3 is 4.90 Å². The van der Waals surface area contributed by atoms with Crippen LogP contribution in [0.4, 0.5) is 17.1 Å². The highest BCUT2D eigenvalue weighted by atomic mass is 15.1. The molecule has 0 spiro atoms. The molecule has 0 fully saturated rings. The summed E-state index contributed by atoms with van der Waals surface area (Å²) < 4.78 is 0. The van der Waals surface area contributed by atoms with Crippen LogP contribution in [0, 0.1) is 0 Å². The fraction of sp³-hybridized carbons (Fsp3) is 0.0588. The first-order chi connectivity index (χ1) is 17.2. The van der Waals surface area contributed by atoms with Crippen LogP contribution >= 0.6 is 0 Å². The van der Waals surface area contributed by atoms with Crippen LogP contribution in [-0.2, 0) is 0 Å². The van der Waals surface area contributed by atoms with Gasteiger partial charge in [-0.2, -0.15) is 0 Å². The summed E-state index contributed by atoms with van der Waals surface area (Å²) in [5.41, 5.74) is 10.8. The van der Waals surface area contributed by atoms with E-state index in [0.29, 0.717) is 0 Å². The van der Waals surface area contributed by atoms with Crippen LogP contribution in [0.5, 0.6) is 0 Å². The predicted octanol–water partition coefficient (Wildman–Crippen LogP) is 9.91. The maximum absolute atomic E-state index is 2.32. The molecule has 1 nitrogen and oxygen atoms in total.